The van der Waals surface area contributed by atoms with Gasteiger partial charge >= 0.3 is 0 Å². The van der Waals surface area contributed by atoms with Crippen LogP contribution in [0.5, 0.6) is 0 Å². The summed E-state index contributed by atoms with van der Waals surface area (Å²) in [7, 11) is 0. The van der Waals surface area contributed by atoms with E-state index in [2.05, 4.69) is 20.0 Å². The van der Waals surface area contributed by atoms with Crippen molar-refractivity contribution in [2.24, 2.45) is 0 Å². The molecule has 4 rings (SSSR count). The van der Waals surface area contributed by atoms with Crippen LogP contribution in [0.25, 0.3) is 5.69 Å². The predicted molar refractivity (Wildman–Crippen MR) is 105 cm³/mol. The minimum Gasteiger partial charge on any atom is -0.369 e. The highest BCUT2D eigenvalue weighted by molar-refractivity contribution is 5.46. The molecule has 28 heavy (non-hydrogen) atoms. The molecule has 1 aromatic heterocycles. The van der Waals surface area contributed by atoms with Gasteiger partial charge in [-0.25, -0.2) is 8.78 Å². The zero-order valence-corrected chi connectivity index (χ0v) is 15.6. The first-order valence-electron chi connectivity index (χ1n) is 9.57. The minimum absolute atomic E-state index is 0.198. The van der Waals surface area contributed by atoms with Gasteiger partial charge in [-0.05, 0) is 61.5 Å². The fourth-order valence-electron chi connectivity index (χ4n) is 3.59. The molecule has 0 unspecified atom stereocenters. The number of aryl methyl sites for hydroxylation is 1. The van der Waals surface area contributed by atoms with Crippen LogP contribution in [-0.4, -0.2) is 52.4 Å². The summed E-state index contributed by atoms with van der Waals surface area (Å²) in [5, 5.41) is 8.23. The zero-order chi connectivity index (χ0) is 19.3. The quantitative estimate of drug-likeness (QED) is 0.655. The van der Waals surface area contributed by atoms with Crippen molar-refractivity contribution < 1.29 is 8.78 Å². The van der Waals surface area contributed by atoms with E-state index in [1.165, 1.54) is 24.3 Å². The van der Waals surface area contributed by atoms with Crippen molar-refractivity contribution in [3.63, 3.8) is 0 Å². The van der Waals surface area contributed by atoms with Crippen molar-refractivity contribution in [3.8, 4) is 5.69 Å². The molecule has 0 spiro atoms. The van der Waals surface area contributed by atoms with Crippen LogP contribution in [0.4, 0.5) is 14.5 Å². The molecular weight excluding hydrogens is 360 g/mol. The van der Waals surface area contributed by atoms with Crippen molar-refractivity contribution >= 4 is 5.69 Å². The molecule has 2 aromatic carbocycles. The van der Waals surface area contributed by atoms with Gasteiger partial charge in [0.2, 0.25) is 0 Å². The Morgan fingerprint density at radius 3 is 2.04 bits per heavy atom. The van der Waals surface area contributed by atoms with Crippen LogP contribution in [0.2, 0.25) is 0 Å². The van der Waals surface area contributed by atoms with Gasteiger partial charge in [-0.1, -0.05) is 0 Å². The van der Waals surface area contributed by atoms with Gasteiger partial charge in [0, 0.05) is 44.0 Å². The maximum absolute atomic E-state index is 13.1. The van der Waals surface area contributed by atoms with Crippen LogP contribution < -0.4 is 4.90 Å². The van der Waals surface area contributed by atoms with Crippen molar-refractivity contribution in [2.75, 3.05) is 37.6 Å². The Labute approximate surface area is 163 Å². The van der Waals surface area contributed by atoms with E-state index in [-0.39, 0.29) is 11.6 Å². The standard InChI is InChI=1S/C21H23F2N5/c22-17-3-7-19(8-4-17)27-14-12-26(13-15-27)11-1-2-21-25-24-16-28(21)20-9-5-18(23)6-10-20/h3-10,16H,1-2,11-15H2. The van der Waals surface area contributed by atoms with E-state index in [9.17, 15) is 8.78 Å². The number of benzene rings is 2. The molecule has 1 aliphatic rings. The largest absolute Gasteiger partial charge is 0.369 e. The number of halogens is 2. The third-order valence-electron chi connectivity index (χ3n) is 5.16. The summed E-state index contributed by atoms with van der Waals surface area (Å²) < 4.78 is 28.1. The molecule has 5 nitrogen and oxygen atoms in total. The smallest absolute Gasteiger partial charge is 0.137 e. The predicted octanol–water partition coefficient (Wildman–Crippen LogP) is 3.30. The average molecular weight is 383 g/mol. The van der Waals surface area contributed by atoms with Crippen molar-refractivity contribution in [3.05, 3.63) is 72.3 Å². The van der Waals surface area contributed by atoms with Gasteiger partial charge in [-0.2, -0.15) is 0 Å². The number of piperazine rings is 1. The van der Waals surface area contributed by atoms with Crippen LogP contribution >= 0.6 is 0 Å². The monoisotopic (exact) mass is 383 g/mol. The number of anilines is 1. The molecule has 0 atom stereocenters. The van der Waals surface area contributed by atoms with Gasteiger partial charge in [0.05, 0.1) is 0 Å². The van der Waals surface area contributed by atoms with Gasteiger partial charge in [-0.15, -0.1) is 10.2 Å². The zero-order valence-electron chi connectivity index (χ0n) is 15.6. The lowest BCUT2D eigenvalue weighted by Gasteiger charge is -2.36. The number of hydrogen-bond acceptors (Lipinski definition) is 4. The average Bonchev–Trinajstić information content (AvgIpc) is 3.18. The maximum Gasteiger partial charge on any atom is 0.137 e. The highest BCUT2D eigenvalue weighted by Gasteiger charge is 2.17. The van der Waals surface area contributed by atoms with Crippen LogP contribution in [0, 0.1) is 11.6 Å². The topological polar surface area (TPSA) is 37.2 Å². The lowest BCUT2D eigenvalue weighted by atomic mass is 10.2. The van der Waals surface area contributed by atoms with Crippen molar-refractivity contribution in [2.45, 2.75) is 12.8 Å². The van der Waals surface area contributed by atoms with E-state index >= 15 is 0 Å². The summed E-state index contributed by atoms with van der Waals surface area (Å²) in [4.78, 5) is 4.74. The highest BCUT2D eigenvalue weighted by atomic mass is 19.1. The molecule has 146 valence electrons. The van der Waals surface area contributed by atoms with Gasteiger partial charge in [0.1, 0.15) is 23.8 Å². The number of rotatable bonds is 6. The molecular formula is C21H23F2N5. The van der Waals surface area contributed by atoms with E-state index in [1.54, 1.807) is 18.5 Å². The Balaban J connectivity index is 1.26. The molecule has 0 bridgehead atoms. The minimum atomic E-state index is -0.252. The number of aromatic nitrogens is 3. The second-order valence-electron chi connectivity index (χ2n) is 7.00. The van der Waals surface area contributed by atoms with E-state index in [0.717, 1.165) is 62.8 Å². The molecule has 0 radical (unpaired) electrons. The van der Waals surface area contributed by atoms with Crippen LogP contribution in [0.1, 0.15) is 12.2 Å². The normalized spacial score (nSPS) is 15.1. The first kappa shape index (κ1) is 18.6. The maximum atomic E-state index is 13.1. The molecule has 1 fully saturated rings. The van der Waals surface area contributed by atoms with Crippen LogP contribution in [-0.2, 0) is 6.42 Å². The Kier molecular flexibility index (Phi) is 5.62. The van der Waals surface area contributed by atoms with Gasteiger partial charge in [-0.3, -0.25) is 9.47 Å². The summed E-state index contributed by atoms with van der Waals surface area (Å²) in [5.74, 6) is 0.436. The first-order chi connectivity index (χ1) is 13.7. The molecule has 0 amide bonds. The molecule has 1 aliphatic heterocycles. The molecule has 3 aromatic rings. The van der Waals surface area contributed by atoms with E-state index < -0.39 is 0 Å². The molecule has 1 saturated heterocycles. The third-order valence-corrected chi connectivity index (χ3v) is 5.16. The second-order valence-corrected chi connectivity index (χ2v) is 7.00. The Morgan fingerprint density at radius 2 is 1.39 bits per heavy atom. The SMILES string of the molecule is Fc1ccc(N2CCN(CCCc3nncn3-c3ccc(F)cc3)CC2)cc1. The molecule has 7 heteroatoms. The number of hydrogen-bond donors (Lipinski definition) is 0. The van der Waals surface area contributed by atoms with Gasteiger partial charge < -0.3 is 4.90 Å². The number of nitrogens with zero attached hydrogens (tertiary/aromatic N) is 5. The van der Waals surface area contributed by atoms with Gasteiger partial charge in [0.25, 0.3) is 0 Å². The second kappa shape index (κ2) is 8.48. The molecule has 0 saturated carbocycles. The third kappa shape index (κ3) is 4.36. The van der Waals surface area contributed by atoms with E-state index in [0.29, 0.717) is 0 Å². The van der Waals surface area contributed by atoms with Crippen LogP contribution in [0.15, 0.2) is 54.9 Å². The molecule has 0 aliphatic carbocycles. The lowest BCUT2D eigenvalue weighted by Crippen LogP contribution is -2.46. The molecule has 2 heterocycles. The lowest BCUT2D eigenvalue weighted by molar-refractivity contribution is 0.254. The Morgan fingerprint density at radius 1 is 0.786 bits per heavy atom. The first-order valence-corrected chi connectivity index (χ1v) is 9.57. The van der Waals surface area contributed by atoms with Crippen molar-refractivity contribution in [1.29, 1.82) is 0 Å². The Hall–Kier alpha value is -2.80. The summed E-state index contributed by atoms with van der Waals surface area (Å²) in [5.41, 5.74) is 1.95. The summed E-state index contributed by atoms with van der Waals surface area (Å²) in [6.45, 7) is 4.85. The van der Waals surface area contributed by atoms with E-state index in [4.69, 9.17) is 0 Å². The van der Waals surface area contributed by atoms with Gasteiger partial charge in [0.15, 0.2) is 0 Å². The fourth-order valence-corrected chi connectivity index (χ4v) is 3.59. The van der Waals surface area contributed by atoms with Crippen LogP contribution in [0.3, 0.4) is 0 Å². The summed E-state index contributed by atoms with van der Waals surface area (Å²) in [6, 6.07) is 13.1. The fraction of sp³-hybridized carbons (Fsp3) is 0.333. The summed E-state index contributed by atoms with van der Waals surface area (Å²) in [6.07, 6.45) is 3.47. The molecule has 0 N–H and O–H groups in total. The van der Waals surface area contributed by atoms with E-state index in [1.807, 2.05) is 16.7 Å². The van der Waals surface area contributed by atoms with Crippen molar-refractivity contribution in [1.82, 2.24) is 19.7 Å². The Bertz CT molecular complexity index is 884. The summed E-state index contributed by atoms with van der Waals surface area (Å²) >= 11 is 0. The highest BCUT2D eigenvalue weighted by Crippen LogP contribution is 2.17.